The van der Waals surface area contributed by atoms with Crippen molar-refractivity contribution in [3.8, 4) is 0 Å². The van der Waals surface area contributed by atoms with Gasteiger partial charge in [0.15, 0.2) is 0 Å². The van der Waals surface area contributed by atoms with Crippen molar-refractivity contribution in [2.45, 2.75) is 19.4 Å². The van der Waals surface area contributed by atoms with Crippen molar-refractivity contribution >= 4 is 28.9 Å². The van der Waals surface area contributed by atoms with Crippen LogP contribution >= 0.6 is 0 Å². The van der Waals surface area contributed by atoms with Crippen LogP contribution in [0.4, 0.5) is 17.1 Å². The zero-order valence-corrected chi connectivity index (χ0v) is 14.3. The molecule has 0 atom stereocenters. The summed E-state index contributed by atoms with van der Waals surface area (Å²) in [5.41, 5.74) is 6.38. The number of nitro benzene ring substituents is 1. The van der Waals surface area contributed by atoms with Gasteiger partial charge in [0.2, 0.25) is 0 Å². The van der Waals surface area contributed by atoms with Crippen LogP contribution in [0.2, 0.25) is 0 Å². The first-order valence-electron chi connectivity index (χ1n) is 8.09. The Labute approximate surface area is 154 Å². The molecule has 2 aromatic rings. The number of benzene rings is 1. The van der Waals surface area contributed by atoms with Crippen LogP contribution in [0.5, 0.6) is 0 Å². The molecule has 5 N–H and O–H groups in total. The van der Waals surface area contributed by atoms with Crippen molar-refractivity contribution in [3.05, 3.63) is 57.9 Å². The van der Waals surface area contributed by atoms with E-state index in [0.717, 1.165) is 11.6 Å². The fraction of sp³-hybridized carbons (Fsp3) is 0.235. The van der Waals surface area contributed by atoms with Crippen LogP contribution in [-0.4, -0.2) is 33.4 Å². The lowest BCUT2D eigenvalue weighted by Crippen LogP contribution is -2.16. The average Bonchev–Trinajstić information content (AvgIpc) is 2.63. The molecule has 0 spiro atoms. The summed E-state index contributed by atoms with van der Waals surface area (Å²) >= 11 is 0. The van der Waals surface area contributed by atoms with Gasteiger partial charge in [0.25, 0.3) is 11.6 Å². The molecule has 0 aliphatic rings. The van der Waals surface area contributed by atoms with Crippen LogP contribution in [0.3, 0.4) is 0 Å². The second-order valence-corrected chi connectivity index (χ2v) is 5.68. The Kier molecular flexibility index (Phi) is 6.64. The minimum absolute atomic E-state index is 0.0123. The second-order valence-electron chi connectivity index (χ2n) is 5.68. The molecular formula is C17H19N5O5. The molecule has 0 unspecified atom stereocenters. The van der Waals surface area contributed by atoms with Gasteiger partial charge in [-0.15, -0.1) is 0 Å². The van der Waals surface area contributed by atoms with Gasteiger partial charge in [-0.3, -0.25) is 24.7 Å². The molecule has 1 amide bonds. The van der Waals surface area contributed by atoms with Gasteiger partial charge in [-0.2, -0.15) is 0 Å². The smallest absolute Gasteiger partial charge is 0.303 e. The number of hydrogen-bond acceptors (Lipinski definition) is 7. The summed E-state index contributed by atoms with van der Waals surface area (Å²) in [6.45, 7) is 0.565. The van der Waals surface area contributed by atoms with Crippen molar-refractivity contribution in [1.29, 1.82) is 0 Å². The van der Waals surface area contributed by atoms with Gasteiger partial charge in [-0.05, 0) is 24.1 Å². The SMILES string of the molecule is NC(=O)c1cc([N+](=O)[O-])c(NCCCC(=O)O)cc1NCc1cccnc1. The van der Waals surface area contributed by atoms with Gasteiger partial charge in [0.1, 0.15) is 5.69 Å². The molecule has 2 rings (SSSR count). The number of aromatic nitrogens is 1. The van der Waals surface area contributed by atoms with Crippen LogP contribution in [0.25, 0.3) is 0 Å². The van der Waals surface area contributed by atoms with Crippen molar-refractivity contribution < 1.29 is 19.6 Å². The largest absolute Gasteiger partial charge is 0.481 e. The van der Waals surface area contributed by atoms with E-state index in [9.17, 15) is 19.7 Å². The normalized spacial score (nSPS) is 10.2. The average molecular weight is 373 g/mol. The maximum atomic E-state index is 11.7. The third kappa shape index (κ3) is 5.66. The number of aliphatic carboxylic acids is 1. The zero-order chi connectivity index (χ0) is 19.8. The third-order valence-electron chi connectivity index (χ3n) is 3.69. The van der Waals surface area contributed by atoms with Gasteiger partial charge in [0.05, 0.1) is 10.5 Å². The fourth-order valence-electron chi connectivity index (χ4n) is 2.39. The van der Waals surface area contributed by atoms with E-state index in [4.69, 9.17) is 10.8 Å². The van der Waals surface area contributed by atoms with Gasteiger partial charge in [-0.1, -0.05) is 6.07 Å². The molecule has 10 nitrogen and oxygen atoms in total. The topological polar surface area (TPSA) is 160 Å². The molecule has 0 aliphatic heterocycles. The standard InChI is InChI=1S/C17H19N5O5/c18-17(25)12-7-15(22(26)27)14(20-6-2-4-16(23)24)8-13(12)21-10-11-3-1-5-19-9-11/h1,3,5,7-9,20-21H,2,4,6,10H2,(H2,18,25)(H,23,24). The first-order valence-corrected chi connectivity index (χ1v) is 8.09. The molecule has 0 aliphatic carbocycles. The number of anilines is 2. The quantitative estimate of drug-likeness (QED) is 0.279. The van der Waals surface area contributed by atoms with E-state index < -0.39 is 16.8 Å². The monoisotopic (exact) mass is 373 g/mol. The number of nitrogens with zero attached hydrogens (tertiary/aromatic N) is 2. The molecular weight excluding hydrogens is 354 g/mol. The minimum atomic E-state index is -0.950. The first-order chi connectivity index (χ1) is 12.9. The lowest BCUT2D eigenvalue weighted by Gasteiger charge is -2.14. The van der Waals surface area contributed by atoms with Crippen molar-refractivity contribution in [2.75, 3.05) is 17.2 Å². The lowest BCUT2D eigenvalue weighted by atomic mass is 10.1. The number of amides is 1. The Morgan fingerprint density at radius 3 is 2.63 bits per heavy atom. The summed E-state index contributed by atoms with van der Waals surface area (Å²) in [6.07, 6.45) is 3.51. The van der Waals surface area contributed by atoms with Crippen LogP contribution in [-0.2, 0) is 11.3 Å². The van der Waals surface area contributed by atoms with Crippen LogP contribution in [0, 0.1) is 10.1 Å². The molecule has 1 aromatic heterocycles. The van der Waals surface area contributed by atoms with E-state index in [-0.39, 0.29) is 29.9 Å². The van der Waals surface area contributed by atoms with E-state index >= 15 is 0 Å². The van der Waals surface area contributed by atoms with E-state index in [1.165, 1.54) is 6.07 Å². The predicted octanol–water partition coefficient (Wildman–Crippen LogP) is 1.98. The summed E-state index contributed by atoms with van der Waals surface area (Å²) in [5.74, 6) is -1.75. The predicted molar refractivity (Wildman–Crippen MR) is 98.5 cm³/mol. The highest BCUT2D eigenvalue weighted by atomic mass is 16.6. The molecule has 0 bridgehead atoms. The minimum Gasteiger partial charge on any atom is -0.481 e. The maximum Gasteiger partial charge on any atom is 0.303 e. The number of carbonyl (C=O) groups is 2. The van der Waals surface area contributed by atoms with Gasteiger partial charge < -0.3 is 21.5 Å². The Balaban J connectivity index is 2.26. The van der Waals surface area contributed by atoms with Gasteiger partial charge >= 0.3 is 5.97 Å². The summed E-state index contributed by atoms with van der Waals surface area (Å²) in [5, 5.41) is 25.9. The highest BCUT2D eigenvalue weighted by Crippen LogP contribution is 2.31. The van der Waals surface area contributed by atoms with Gasteiger partial charge in [-0.25, -0.2) is 0 Å². The summed E-state index contributed by atoms with van der Waals surface area (Å²) in [6, 6.07) is 6.13. The zero-order valence-electron chi connectivity index (χ0n) is 14.3. The number of rotatable bonds is 10. The molecule has 27 heavy (non-hydrogen) atoms. The number of nitro groups is 1. The Bertz CT molecular complexity index is 841. The first kappa shape index (κ1) is 19.6. The van der Waals surface area contributed by atoms with E-state index in [2.05, 4.69) is 15.6 Å². The van der Waals surface area contributed by atoms with Gasteiger partial charge in [0, 0.05) is 43.7 Å². The molecule has 1 aromatic carbocycles. The number of carbonyl (C=O) groups excluding carboxylic acids is 1. The number of nitrogens with one attached hydrogen (secondary N) is 2. The highest BCUT2D eigenvalue weighted by molar-refractivity contribution is 6.00. The molecule has 142 valence electrons. The number of nitrogens with two attached hydrogens (primary N) is 1. The summed E-state index contributed by atoms with van der Waals surface area (Å²) < 4.78 is 0. The number of primary amides is 1. The lowest BCUT2D eigenvalue weighted by molar-refractivity contribution is -0.384. The van der Waals surface area contributed by atoms with E-state index in [1.54, 1.807) is 18.5 Å². The van der Waals surface area contributed by atoms with E-state index in [1.807, 2.05) is 6.07 Å². The number of carboxylic acid groups (broad SMARTS) is 1. The molecule has 0 fully saturated rings. The Hall–Kier alpha value is -3.69. The number of hydrogen-bond donors (Lipinski definition) is 4. The molecule has 0 radical (unpaired) electrons. The van der Waals surface area contributed by atoms with Crippen LogP contribution < -0.4 is 16.4 Å². The molecule has 0 saturated heterocycles. The van der Waals surface area contributed by atoms with E-state index in [0.29, 0.717) is 18.7 Å². The number of pyridine rings is 1. The highest BCUT2D eigenvalue weighted by Gasteiger charge is 2.20. The maximum absolute atomic E-state index is 11.7. The summed E-state index contributed by atoms with van der Waals surface area (Å²) in [7, 11) is 0. The van der Waals surface area contributed by atoms with Crippen LogP contribution in [0.1, 0.15) is 28.8 Å². The second kappa shape index (κ2) is 9.13. The van der Waals surface area contributed by atoms with Crippen molar-refractivity contribution in [2.24, 2.45) is 5.73 Å². The molecule has 10 heteroatoms. The van der Waals surface area contributed by atoms with Crippen molar-refractivity contribution in [3.63, 3.8) is 0 Å². The fourth-order valence-corrected chi connectivity index (χ4v) is 2.39. The van der Waals surface area contributed by atoms with Crippen molar-refractivity contribution in [1.82, 2.24) is 4.98 Å². The Morgan fingerprint density at radius 2 is 2.04 bits per heavy atom. The molecule has 0 saturated carbocycles. The molecule has 1 heterocycles. The Morgan fingerprint density at radius 1 is 1.26 bits per heavy atom. The van der Waals surface area contributed by atoms with Crippen LogP contribution in [0.15, 0.2) is 36.7 Å². The number of carboxylic acids is 1. The third-order valence-corrected chi connectivity index (χ3v) is 3.69. The summed E-state index contributed by atoms with van der Waals surface area (Å²) in [4.78, 5) is 37.0.